The van der Waals surface area contributed by atoms with E-state index in [1.54, 1.807) is 0 Å². The largest absolute Gasteiger partial charge is 0.494 e. The number of benzene rings is 1. The molecule has 7 nitrogen and oxygen atoms in total. The summed E-state index contributed by atoms with van der Waals surface area (Å²) in [4.78, 5) is 32.9. The molecule has 1 amide bonds. The Morgan fingerprint density at radius 2 is 2.08 bits per heavy atom. The van der Waals surface area contributed by atoms with Crippen LogP contribution in [0.25, 0.3) is 0 Å². The Hall–Kier alpha value is -2.25. The fraction of sp³-hybridized carbons (Fsp3) is 0.267. The van der Waals surface area contributed by atoms with Crippen LogP contribution in [0.15, 0.2) is 18.5 Å². The van der Waals surface area contributed by atoms with E-state index in [4.69, 9.17) is 27.9 Å². The predicted molar refractivity (Wildman–Crippen MR) is 86.6 cm³/mol. The van der Waals surface area contributed by atoms with Gasteiger partial charge in [-0.3, -0.25) is 4.79 Å². The van der Waals surface area contributed by atoms with Crippen molar-refractivity contribution in [1.82, 2.24) is 14.9 Å². The highest BCUT2D eigenvalue weighted by atomic mass is 35.5. The number of rotatable bonds is 3. The van der Waals surface area contributed by atoms with Crippen LogP contribution in [0.5, 0.6) is 5.75 Å². The third kappa shape index (κ3) is 2.70. The van der Waals surface area contributed by atoms with E-state index in [9.17, 15) is 14.7 Å². The molecule has 1 aromatic heterocycles. The van der Waals surface area contributed by atoms with Crippen molar-refractivity contribution in [3.63, 3.8) is 0 Å². The summed E-state index contributed by atoms with van der Waals surface area (Å²) in [5.41, 5.74) is 1.37. The van der Waals surface area contributed by atoms with Gasteiger partial charge in [0.05, 0.1) is 41.4 Å². The Labute approximate surface area is 147 Å². The van der Waals surface area contributed by atoms with Gasteiger partial charge in [0.25, 0.3) is 5.91 Å². The lowest BCUT2D eigenvalue weighted by atomic mass is 10.0. The number of carbonyl (C=O) groups is 2. The number of fused-ring (bicyclic) bond motifs is 1. The molecular formula is C15H13Cl2N3O4. The highest BCUT2D eigenvalue weighted by Gasteiger charge is 2.38. The molecule has 126 valence electrons. The zero-order chi connectivity index (χ0) is 17.4. The number of halogens is 2. The standard InChI is InChI=1S/C15H13Cl2N3O4/c1-24-13-8(17)3-2-7(16)12(13)14(21)20-5-10-9(18-6-19-10)4-11(20)15(22)23/h2-3,6,11H,4-5H2,1H3,(H,18,19)(H,22,23). The van der Waals surface area contributed by atoms with E-state index < -0.39 is 17.9 Å². The van der Waals surface area contributed by atoms with Crippen LogP contribution < -0.4 is 4.74 Å². The second-order valence-corrected chi connectivity index (χ2v) is 6.07. The summed E-state index contributed by atoms with van der Waals surface area (Å²) in [7, 11) is 1.37. The lowest BCUT2D eigenvalue weighted by molar-refractivity contribution is -0.142. The Bertz CT molecular complexity index is 821. The van der Waals surface area contributed by atoms with Gasteiger partial charge in [-0.25, -0.2) is 9.78 Å². The molecule has 1 atom stereocenters. The highest BCUT2D eigenvalue weighted by molar-refractivity contribution is 6.37. The molecule has 24 heavy (non-hydrogen) atoms. The summed E-state index contributed by atoms with van der Waals surface area (Å²) in [5, 5.41) is 9.85. The van der Waals surface area contributed by atoms with E-state index >= 15 is 0 Å². The number of imidazole rings is 1. The first-order chi connectivity index (χ1) is 11.4. The second-order valence-electron chi connectivity index (χ2n) is 5.26. The summed E-state index contributed by atoms with van der Waals surface area (Å²) in [6, 6.07) is 1.94. The van der Waals surface area contributed by atoms with Gasteiger partial charge in [0.1, 0.15) is 11.6 Å². The first kappa shape index (κ1) is 16.6. The Morgan fingerprint density at radius 3 is 2.75 bits per heavy atom. The minimum Gasteiger partial charge on any atom is -0.494 e. The molecule has 0 aliphatic carbocycles. The fourth-order valence-corrected chi connectivity index (χ4v) is 3.21. The molecule has 1 unspecified atom stereocenters. The van der Waals surface area contributed by atoms with Crippen LogP contribution in [0.3, 0.4) is 0 Å². The van der Waals surface area contributed by atoms with Crippen LogP contribution in [0, 0.1) is 0 Å². The van der Waals surface area contributed by atoms with Crippen molar-refractivity contribution in [2.24, 2.45) is 0 Å². The maximum absolute atomic E-state index is 13.0. The van der Waals surface area contributed by atoms with Crippen molar-refractivity contribution >= 4 is 35.1 Å². The van der Waals surface area contributed by atoms with Crippen molar-refractivity contribution in [3.05, 3.63) is 45.5 Å². The van der Waals surface area contributed by atoms with Gasteiger partial charge in [-0.2, -0.15) is 0 Å². The molecule has 1 aromatic carbocycles. The van der Waals surface area contributed by atoms with Gasteiger partial charge < -0.3 is 19.7 Å². The predicted octanol–water partition coefficient (Wildman–Crippen LogP) is 2.38. The molecule has 0 radical (unpaired) electrons. The van der Waals surface area contributed by atoms with Crippen LogP contribution in [-0.2, 0) is 17.8 Å². The number of aromatic amines is 1. The summed E-state index contributed by atoms with van der Waals surface area (Å²) in [5.74, 6) is -1.56. The first-order valence-electron chi connectivity index (χ1n) is 7.01. The molecule has 9 heteroatoms. The van der Waals surface area contributed by atoms with Crippen molar-refractivity contribution in [2.45, 2.75) is 19.0 Å². The smallest absolute Gasteiger partial charge is 0.326 e. The van der Waals surface area contributed by atoms with E-state index in [2.05, 4.69) is 9.97 Å². The zero-order valence-corrected chi connectivity index (χ0v) is 14.1. The number of nitrogens with zero attached hydrogens (tertiary/aromatic N) is 2. The van der Waals surface area contributed by atoms with Gasteiger partial charge in [0, 0.05) is 6.42 Å². The maximum Gasteiger partial charge on any atom is 0.326 e. The lowest BCUT2D eigenvalue weighted by Crippen LogP contribution is -2.48. The number of carboxylic acids is 1. The molecule has 0 saturated heterocycles. The number of amides is 1. The van der Waals surface area contributed by atoms with Crippen molar-refractivity contribution < 1.29 is 19.4 Å². The number of carboxylic acid groups (broad SMARTS) is 1. The molecule has 0 fully saturated rings. The monoisotopic (exact) mass is 369 g/mol. The Balaban J connectivity index is 2.06. The topological polar surface area (TPSA) is 95.5 Å². The molecule has 2 aromatic rings. The van der Waals surface area contributed by atoms with Gasteiger partial charge in [-0.1, -0.05) is 23.2 Å². The number of hydrogen-bond donors (Lipinski definition) is 2. The molecule has 0 bridgehead atoms. The number of hydrogen-bond acceptors (Lipinski definition) is 4. The van der Waals surface area contributed by atoms with Crippen LogP contribution >= 0.6 is 23.2 Å². The molecule has 2 heterocycles. The zero-order valence-electron chi connectivity index (χ0n) is 12.5. The molecule has 3 rings (SSSR count). The van der Waals surface area contributed by atoms with Gasteiger partial charge >= 0.3 is 5.97 Å². The van der Waals surface area contributed by atoms with E-state index in [1.165, 1.54) is 30.5 Å². The Morgan fingerprint density at radius 1 is 1.38 bits per heavy atom. The van der Waals surface area contributed by atoms with E-state index in [0.29, 0.717) is 11.4 Å². The van der Waals surface area contributed by atoms with Crippen molar-refractivity contribution in [3.8, 4) is 5.75 Å². The SMILES string of the molecule is COc1c(Cl)ccc(Cl)c1C(=O)N1Cc2[nH]cnc2CC1C(=O)O. The van der Waals surface area contributed by atoms with Gasteiger partial charge in [-0.15, -0.1) is 0 Å². The number of aliphatic carboxylic acids is 1. The number of H-pyrrole nitrogens is 1. The van der Waals surface area contributed by atoms with Crippen molar-refractivity contribution in [1.29, 1.82) is 0 Å². The molecule has 1 aliphatic heterocycles. The van der Waals surface area contributed by atoms with E-state index in [0.717, 1.165) is 0 Å². The minimum atomic E-state index is -1.12. The highest BCUT2D eigenvalue weighted by Crippen LogP contribution is 2.36. The quantitative estimate of drug-likeness (QED) is 0.865. The first-order valence-corrected chi connectivity index (χ1v) is 7.76. The average molecular weight is 370 g/mol. The van der Waals surface area contributed by atoms with E-state index in [1.807, 2.05) is 0 Å². The number of nitrogens with one attached hydrogen (secondary N) is 1. The third-order valence-electron chi connectivity index (χ3n) is 3.92. The second kappa shape index (κ2) is 6.33. The fourth-order valence-electron chi connectivity index (χ4n) is 2.75. The van der Waals surface area contributed by atoms with Crippen LogP contribution in [0.2, 0.25) is 10.0 Å². The van der Waals surface area contributed by atoms with Gasteiger partial charge in [0.2, 0.25) is 0 Å². The summed E-state index contributed by atoms with van der Waals surface area (Å²) in [6.07, 6.45) is 1.59. The lowest BCUT2D eigenvalue weighted by Gasteiger charge is -2.33. The summed E-state index contributed by atoms with van der Waals surface area (Å²) < 4.78 is 5.19. The molecular weight excluding hydrogens is 357 g/mol. The van der Waals surface area contributed by atoms with Crippen LogP contribution in [0.4, 0.5) is 0 Å². The molecule has 2 N–H and O–H groups in total. The number of methoxy groups -OCH3 is 1. The number of carbonyl (C=O) groups excluding carboxylic acids is 1. The molecule has 1 aliphatic rings. The van der Waals surface area contributed by atoms with Crippen molar-refractivity contribution in [2.75, 3.05) is 7.11 Å². The molecule has 0 saturated carbocycles. The summed E-state index contributed by atoms with van der Waals surface area (Å²) >= 11 is 12.2. The third-order valence-corrected chi connectivity index (χ3v) is 4.53. The normalized spacial score (nSPS) is 16.6. The number of ether oxygens (including phenoxy) is 1. The maximum atomic E-state index is 13.0. The Kier molecular flexibility index (Phi) is 4.38. The minimum absolute atomic E-state index is 0.0425. The summed E-state index contributed by atoms with van der Waals surface area (Å²) in [6.45, 7) is 0.0805. The van der Waals surface area contributed by atoms with Crippen LogP contribution in [0.1, 0.15) is 21.7 Å². The average Bonchev–Trinajstić information content (AvgIpc) is 3.02. The van der Waals surface area contributed by atoms with Gasteiger partial charge in [0.15, 0.2) is 5.75 Å². The van der Waals surface area contributed by atoms with E-state index in [-0.39, 0.29) is 34.3 Å². The number of aromatic nitrogens is 2. The molecule has 0 spiro atoms. The van der Waals surface area contributed by atoms with Gasteiger partial charge in [-0.05, 0) is 12.1 Å². The van der Waals surface area contributed by atoms with Crippen LogP contribution in [-0.4, -0.2) is 45.0 Å².